The second-order valence-corrected chi connectivity index (χ2v) is 6.95. The van der Waals surface area contributed by atoms with Crippen LogP contribution in [-0.4, -0.2) is 4.98 Å². The summed E-state index contributed by atoms with van der Waals surface area (Å²) in [5, 5.41) is 15.3. The zero-order valence-corrected chi connectivity index (χ0v) is 15.4. The van der Waals surface area contributed by atoms with E-state index in [1.807, 2.05) is 60.8 Å². The Labute approximate surface area is 153 Å². The van der Waals surface area contributed by atoms with Crippen LogP contribution in [0.2, 0.25) is 0 Å². The molecule has 0 atom stereocenters. The number of anilines is 1. The molecule has 0 amide bonds. The molecule has 0 bridgehead atoms. The van der Waals surface area contributed by atoms with Crippen LogP contribution >= 0.6 is 27.3 Å². The number of aromatic nitrogens is 1. The number of nitriles is 1. The summed E-state index contributed by atoms with van der Waals surface area (Å²) in [5.41, 5.74) is 4.53. The summed E-state index contributed by atoms with van der Waals surface area (Å²) < 4.78 is 1.03. The van der Waals surface area contributed by atoms with Crippen molar-refractivity contribution in [2.45, 2.75) is 6.92 Å². The molecule has 0 unspecified atom stereocenters. The minimum absolute atomic E-state index is 0.520. The number of thiazole rings is 1. The summed E-state index contributed by atoms with van der Waals surface area (Å²) in [6, 6.07) is 18.1. The third-order valence-corrected chi connectivity index (χ3v) is 4.92. The molecule has 3 nitrogen and oxygen atoms in total. The molecule has 2 aromatic carbocycles. The summed E-state index contributed by atoms with van der Waals surface area (Å²) in [6.07, 6.45) is 1.71. The van der Waals surface area contributed by atoms with Crippen LogP contribution in [0, 0.1) is 18.3 Å². The molecule has 0 aliphatic heterocycles. The van der Waals surface area contributed by atoms with E-state index < -0.39 is 0 Å². The molecule has 24 heavy (non-hydrogen) atoms. The first-order chi connectivity index (χ1) is 11.7. The van der Waals surface area contributed by atoms with E-state index in [9.17, 15) is 5.26 Å². The first-order valence-corrected chi connectivity index (χ1v) is 8.99. The Hall–Kier alpha value is -2.42. The maximum Gasteiger partial charge on any atom is 0.136 e. The number of nitrogens with zero attached hydrogens (tertiary/aromatic N) is 2. The van der Waals surface area contributed by atoms with Crippen LogP contribution in [0.25, 0.3) is 16.8 Å². The molecule has 0 saturated carbocycles. The molecular formula is C19H14BrN3S. The normalized spacial score (nSPS) is 11.1. The van der Waals surface area contributed by atoms with Gasteiger partial charge in [0.2, 0.25) is 0 Å². The van der Waals surface area contributed by atoms with Gasteiger partial charge in [0, 0.05) is 27.3 Å². The fraction of sp³-hybridized carbons (Fsp3) is 0.0526. The zero-order valence-electron chi connectivity index (χ0n) is 13.0. The molecule has 1 N–H and O–H groups in total. The molecule has 1 aromatic heterocycles. The van der Waals surface area contributed by atoms with Crippen LogP contribution in [0.1, 0.15) is 10.6 Å². The van der Waals surface area contributed by atoms with Gasteiger partial charge in [-0.2, -0.15) is 5.26 Å². The fourth-order valence-electron chi connectivity index (χ4n) is 2.18. The van der Waals surface area contributed by atoms with Crippen molar-refractivity contribution in [1.29, 1.82) is 5.26 Å². The molecular weight excluding hydrogens is 382 g/mol. The van der Waals surface area contributed by atoms with E-state index in [0.29, 0.717) is 10.6 Å². The highest BCUT2D eigenvalue weighted by molar-refractivity contribution is 9.10. The molecule has 0 fully saturated rings. The average molecular weight is 396 g/mol. The van der Waals surface area contributed by atoms with Gasteiger partial charge >= 0.3 is 0 Å². The van der Waals surface area contributed by atoms with E-state index in [1.54, 1.807) is 6.20 Å². The number of benzene rings is 2. The first-order valence-electron chi connectivity index (χ1n) is 7.31. The molecule has 3 aromatic rings. The van der Waals surface area contributed by atoms with Gasteiger partial charge in [-0.15, -0.1) is 11.3 Å². The van der Waals surface area contributed by atoms with E-state index in [2.05, 4.69) is 32.3 Å². The van der Waals surface area contributed by atoms with Crippen molar-refractivity contribution in [2.75, 3.05) is 5.32 Å². The van der Waals surface area contributed by atoms with Gasteiger partial charge in [-0.05, 0) is 30.7 Å². The predicted octanol–water partition coefficient (Wildman–Crippen LogP) is 5.86. The molecule has 0 radical (unpaired) electrons. The highest BCUT2D eigenvalue weighted by atomic mass is 79.9. The Morgan fingerprint density at radius 3 is 2.67 bits per heavy atom. The van der Waals surface area contributed by atoms with Gasteiger partial charge in [-0.1, -0.05) is 46.3 Å². The van der Waals surface area contributed by atoms with Gasteiger partial charge in [0.1, 0.15) is 16.6 Å². The van der Waals surface area contributed by atoms with Gasteiger partial charge in [0.15, 0.2) is 0 Å². The van der Waals surface area contributed by atoms with Crippen LogP contribution in [-0.2, 0) is 0 Å². The number of halogens is 1. The summed E-state index contributed by atoms with van der Waals surface area (Å²) in [6.45, 7) is 2.03. The maximum atomic E-state index is 9.45. The number of hydrogen-bond acceptors (Lipinski definition) is 4. The summed E-state index contributed by atoms with van der Waals surface area (Å²) in [7, 11) is 0. The monoisotopic (exact) mass is 395 g/mol. The summed E-state index contributed by atoms with van der Waals surface area (Å²) >= 11 is 4.89. The van der Waals surface area contributed by atoms with Crippen molar-refractivity contribution < 1.29 is 0 Å². The highest BCUT2D eigenvalue weighted by Crippen LogP contribution is 2.27. The predicted molar refractivity (Wildman–Crippen MR) is 104 cm³/mol. The van der Waals surface area contributed by atoms with Crippen LogP contribution in [0.5, 0.6) is 0 Å². The van der Waals surface area contributed by atoms with E-state index in [4.69, 9.17) is 0 Å². The molecule has 0 spiro atoms. The summed E-state index contributed by atoms with van der Waals surface area (Å²) in [5.74, 6) is 0. The number of rotatable bonds is 4. The minimum Gasteiger partial charge on any atom is -0.360 e. The lowest BCUT2D eigenvalue weighted by molar-refractivity contribution is 1.36. The van der Waals surface area contributed by atoms with Crippen LogP contribution in [0.15, 0.2) is 64.6 Å². The Kier molecular flexibility index (Phi) is 5.09. The molecule has 3 rings (SSSR count). The smallest absolute Gasteiger partial charge is 0.136 e. The van der Waals surface area contributed by atoms with E-state index in [-0.39, 0.29) is 0 Å². The lowest BCUT2D eigenvalue weighted by Crippen LogP contribution is -1.93. The van der Waals surface area contributed by atoms with E-state index >= 15 is 0 Å². The number of nitrogens with one attached hydrogen (secondary N) is 1. The van der Waals surface area contributed by atoms with Crippen molar-refractivity contribution in [1.82, 2.24) is 4.98 Å². The standard InChI is InChI=1S/C19H14BrN3S/c1-13-4-2-3-5-17(13)22-11-15(10-21)19-23-18(12-24-19)14-6-8-16(20)9-7-14/h2-9,11-12,22H,1H3. The first kappa shape index (κ1) is 16.4. The van der Waals surface area contributed by atoms with E-state index in [1.165, 1.54) is 11.3 Å². The lowest BCUT2D eigenvalue weighted by atomic mass is 10.2. The number of allylic oxidation sites excluding steroid dienone is 1. The van der Waals surface area contributed by atoms with Crippen molar-refractivity contribution in [3.8, 4) is 17.3 Å². The Morgan fingerprint density at radius 2 is 1.96 bits per heavy atom. The topological polar surface area (TPSA) is 48.7 Å². The molecule has 0 aliphatic carbocycles. The number of para-hydroxylation sites is 1. The third kappa shape index (κ3) is 3.73. The largest absolute Gasteiger partial charge is 0.360 e. The zero-order chi connectivity index (χ0) is 16.9. The van der Waals surface area contributed by atoms with Gasteiger partial charge in [-0.25, -0.2) is 4.98 Å². The quantitative estimate of drug-likeness (QED) is 0.562. The number of aryl methyl sites for hydroxylation is 1. The Bertz CT molecular complexity index is 920. The fourth-order valence-corrected chi connectivity index (χ4v) is 3.24. The Balaban J connectivity index is 1.84. The minimum atomic E-state index is 0.520. The number of hydrogen-bond donors (Lipinski definition) is 1. The third-order valence-electron chi connectivity index (χ3n) is 3.51. The van der Waals surface area contributed by atoms with Crippen LogP contribution in [0.3, 0.4) is 0 Å². The van der Waals surface area contributed by atoms with E-state index in [0.717, 1.165) is 27.0 Å². The van der Waals surface area contributed by atoms with Gasteiger partial charge in [0.05, 0.1) is 5.69 Å². The Morgan fingerprint density at radius 1 is 1.21 bits per heavy atom. The molecule has 1 heterocycles. The maximum absolute atomic E-state index is 9.45. The molecule has 5 heteroatoms. The van der Waals surface area contributed by atoms with Crippen LogP contribution in [0.4, 0.5) is 5.69 Å². The van der Waals surface area contributed by atoms with Gasteiger partial charge in [-0.3, -0.25) is 0 Å². The van der Waals surface area contributed by atoms with Gasteiger partial charge in [0.25, 0.3) is 0 Å². The highest BCUT2D eigenvalue weighted by Gasteiger charge is 2.09. The SMILES string of the molecule is Cc1ccccc1NC=C(C#N)c1nc(-c2ccc(Br)cc2)cs1. The molecule has 118 valence electrons. The summed E-state index contributed by atoms with van der Waals surface area (Å²) in [4.78, 5) is 4.59. The molecule has 0 aliphatic rings. The van der Waals surface area contributed by atoms with Crippen LogP contribution < -0.4 is 5.32 Å². The van der Waals surface area contributed by atoms with Gasteiger partial charge < -0.3 is 5.32 Å². The second kappa shape index (κ2) is 7.43. The lowest BCUT2D eigenvalue weighted by Gasteiger charge is -2.04. The average Bonchev–Trinajstić information content (AvgIpc) is 3.07. The van der Waals surface area contributed by atoms with Crippen molar-refractivity contribution in [3.05, 3.63) is 75.2 Å². The van der Waals surface area contributed by atoms with Crippen molar-refractivity contribution >= 4 is 38.5 Å². The molecule has 0 saturated heterocycles. The van der Waals surface area contributed by atoms with Crippen molar-refractivity contribution in [2.24, 2.45) is 0 Å². The second-order valence-electron chi connectivity index (χ2n) is 5.17. The van der Waals surface area contributed by atoms with Crippen molar-refractivity contribution in [3.63, 3.8) is 0 Å².